The van der Waals surface area contributed by atoms with Crippen molar-refractivity contribution in [2.45, 2.75) is 26.0 Å². The van der Waals surface area contributed by atoms with E-state index in [-0.39, 0.29) is 17.9 Å². The van der Waals surface area contributed by atoms with Crippen molar-refractivity contribution in [1.82, 2.24) is 4.90 Å². The van der Waals surface area contributed by atoms with E-state index in [1.807, 2.05) is 31.2 Å². The van der Waals surface area contributed by atoms with Gasteiger partial charge in [-0.05, 0) is 60.9 Å². The molecule has 1 aliphatic heterocycles. The molecule has 3 aromatic carbocycles. The Balaban J connectivity index is 1.64. The van der Waals surface area contributed by atoms with E-state index < -0.39 is 23.7 Å². The van der Waals surface area contributed by atoms with E-state index in [9.17, 15) is 19.5 Å². The molecule has 8 nitrogen and oxygen atoms in total. The number of ether oxygens (including phenoxy) is 3. The summed E-state index contributed by atoms with van der Waals surface area (Å²) >= 11 is 0. The number of methoxy groups -OCH3 is 2. The van der Waals surface area contributed by atoms with Gasteiger partial charge in [-0.3, -0.25) is 9.59 Å². The topological polar surface area (TPSA) is 102 Å². The number of aliphatic hydroxyl groups is 1. The highest BCUT2D eigenvalue weighted by Gasteiger charge is 2.45. The van der Waals surface area contributed by atoms with Gasteiger partial charge in [-0.15, -0.1) is 0 Å². The van der Waals surface area contributed by atoms with Crippen LogP contribution in [0.5, 0.6) is 5.75 Å². The molecule has 1 saturated heterocycles. The van der Waals surface area contributed by atoms with Crippen molar-refractivity contribution in [2.75, 3.05) is 27.4 Å². The third-order valence-electron chi connectivity index (χ3n) is 6.55. The highest BCUT2D eigenvalue weighted by molar-refractivity contribution is 6.46. The molecule has 0 bridgehead atoms. The molecule has 1 N–H and O–H groups in total. The molecule has 8 heteroatoms. The molecule has 0 saturated carbocycles. The van der Waals surface area contributed by atoms with Crippen molar-refractivity contribution < 1.29 is 33.7 Å². The minimum Gasteiger partial charge on any atom is -0.507 e. The second-order valence-electron chi connectivity index (χ2n) is 9.25. The molecule has 0 spiro atoms. The first-order valence-corrected chi connectivity index (χ1v) is 12.6. The number of carbonyl (C=O) groups is 3. The monoisotopic (exact) mass is 529 g/mol. The summed E-state index contributed by atoms with van der Waals surface area (Å²) in [5.74, 6) is -1.65. The highest BCUT2D eigenvalue weighted by Crippen LogP contribution is 2.39. The van der Waals surface area contributed by atoms with Gasteiger partial charge < -0.3 is 24.2 Å². The fourth-order valence-electron chi connectivity index (χ4n) is 4.59. The molecule has 0 aliphatic carbocycles. The first-order valence-electron chi connectivity index (χ1n) is 12.6. The molecule has 1 amide bonds. The van der Waals surface area contributed by atoms with Gasteiger partial charge in [0, 0.05) is 25.8 Å². The minimum atomic E-state index is -0.828. The van der Waals surface area contributed by atoms with Crippen LogP contribution in [-0.4, -0.2) is 55.0 Å². The normalized spacial score (nSPS) is 16.4. The van der Waals surface area contributed by atoms with Crippen LogP contribution in [0, 0.1) is 6.92 Å². The number of benzene rings is 3. The van der Waals surface area contributed by atoms with Gasteiger partial charge >= 0.3 is 5.97 Å². The van der Waals surface area contributed by atoms with E-state index in [0.717, 1.165) is 11.1 Å². The number of ketones is 1. The number of hydrogen-bond donors (Lipinski definition) is 1. The van der Waals surface area contributed by atoms with Crippen molar-refractivity contribution in [1.29, 1.82) is 0 Å². The Hall–Kier alpha value is -4.43. The number of aryl methyl sites for hydroxylation is 1. The second-order valence-corrected chi connectivity index (χ2v) is 9.25. The highest BCUT2D eigenvalue weighted by atomic mass is 16.5. The van der Waals surface area contributed by atoms with Crippen LogP contribution < -0.4 is 4.74 Å². The Morgan fingerprint density at radius 3 is 2.28 bits per heavy atom. The van der Waals surface area contributed by atoms with Crippen LogP contribution in [0.2, 0.25) is 0 Å². The molecule has 202 valence electrons. The Morgan fingerprint density at radius 2 is 1.64 bits per heavy atom. The van der Waals surface area contributed by atoms with Crippen molar-refractivity contribution in [3.05, 3.63) is 106 Å². The smallest absolute Gasteiger partial charge is 0.337 e. The van der Waals surface area contributed by atoms with E-state index in [4.69, 9.17) is 14.2 Å². The van der Waals surface area contributed by atoms with Crippen molar-refractivity contribution in [3.63, 3.8) is 0 Å². The van der Waals surface area contributed by atoms with Crippen molar-refractivity contribution in [2.24, 2.45) is 0 Å². The van der Waals surface area contributed by atoms with E-state index in [1.165, 1.54) is 12.0 Å². The molecule has 4 rings (SSSR count). The Kier molecular flexibility index (Phi) is 8.78. The molecular weight excluding hydrogens is 498 g/mol. The Bertz CT molecular complexity index is 1380. The first-order chi connectivity index (χ1) is 18.8. The van der Waals surface area contributed by atoms with Gasteiger partial charge in [-0.25, -0.2) is 4.79 Å². The van der Waals surface area contributed by atoms with Crippen LogP contribution >= 0.6 is 0 Å². The van der Waals surface area contributed by atoms with Gasteiger partial charge in [-0.1, -0.05) is 42.0 Å². The van der Waals surface area contributed by atoms with Crippen LogP contribution in [0.3, 0.4) is 0 Å². The molecule has 0 radical (unpaired) electrons. The summed E-state index contributed by atoms with van der Waals surface area (Å²) in [7, 11) is 2.85. The fraction of sp³-hybridized carbons (Fsp3) is 0.258. The number of aliphatic hydroxyl groups excluding tert-OH is 1. The molecule has 39 heavy (non-hydrogen) atoms. The van der Waals surface area contributed by atoms with Gasteiger partial charge in [0.05, 0.1) is 24.3 Å². The zero-order chi connectivity index (χ0) is 27.9. The van der Waals surface area contributed by atoms with Gasteiger partial charge in [0.15, 0.2) is 0 Å². The largest absolute Gasteiger partial charge is 0.507 e. The van der Waals surface area contributed by atoms with Crippen LogP contribution in [0.1, 0.15) is 45.1 Å². The summed E-state index contributed by atoms with van der Waals surface area (Å²) in [5, 5.41) is 11.3. The first kappa shape index (κ1) is 27.6. The lowest BCUT2D eigenvalue weighted by Gasteiger charge is -2.25. The van der Waals surface area contributed by atoms with E-state index in [0.29, 0.717) is 42.1 Å². The number of Topliss-reactive ketones (excluding diaryl/α,β-unsaturated/α-hetero) is 1. The fourth-order valence-corrected chi connectivity index (χ4v) is 4.59. The summed E-state index contributed by atoms with van der Waals surface area (Å²) in [6.45, 7) is 3.07. The number of hydrogen-bond acceptors (Lipinski definition) is 7. The average molecular weight is 530 g/mol. The van der Waals surface area contributed by atoms with Crippen molar-refractivity contribution >= 4 is 23.4 Å². The molecule has 1 atom stereocenters. The molecule has 0 aromatic heterocycles. The molecule has 1 aliphatic rings. The van der Waals surface area contributed by atoms with E-state index in [2.05, 4.69) is 0 Å². The van der Waals surface area contributed by atoms with Gasteiger partial charge in [-0.2, -0.15) is 0 Å². The van der Waals surface area contributed by atoms with E-state index in [1.54, 1.807) is 55.6 Å². The lowest BCUT2D eigenvalue weighted by atomic mass is 9.94. The quantitative estimate of drug-likeness (QED) is 0.132. The number of likely N-dealkylation sites (tertiary alicyclic amines) is 1. The molecule has 1 unspecified atom stereocenters. The predicted molar refractivity (Wildman–Crippen MR) is 145 cm³/mol. The molecule has 1 heterocycles. The number of carbonyl (C=O) groups excluding carboxylic acids is 3. The Labute approximate surface area is 227 Å². The van der Waals surface area contributed by atoms with Crippen LogP contribution in [0.15, 0.2) is 78.4 Å². The number of esters is 1. The van der Waals surface area contributed by atoms with Gasteiger partial charge in [0.2, 0.25) is 0 Å². The lowest BCUT2D eigenvalue weighted by molar-refractivity contribution is -0.140. The van der Waals surface area contributed by atoms with Crippen LogP contribution in [0.4, 0.5) is 0 Å². The van der Waals surface area contributed by atoms with Crippen LogP contribution in [0.25, 0.3) is 5.76 Å². The number of nitrogens with zero attached hydrogens (tertiary/aromatic N) is 1. The SMILES string of the molecule is COCCCN1C(=O)C(=O)C(=C(O)c2ccc(OCc3cccc(C)c3)cc2)C1c1ccc(C(=O)OC)cc1. The van der Waals surface area contributed by atoms with Gasteiger partial charge in [0.25, 0.3) is 11.7 Å². The molecule has 1 fully saturated rings. The third kappa shape index (κ3) is 6.18. The predicted octanol–water partition coefficient (Wildman–Crippen LogP) is 4.82. The summed E-state index contributed by atoms with van der Waals surface area (Å²) in [5.41, 5.74) is 3.46. The lowest BCUT2D eigenvalue weighted by Crippen LogP contribution is -2.31. The zero-order valence-electron chi connectivity index (χ0n) is 22.2. The summed E-state index contributed by atoms with van der Waals surface area (Å²) in [4.78, 5) is 39.6. The van der Waals surface area contributed by atoms with Crippen LogP contribution in [-0.2, 0) is 25.7 Å². The standard InChI is InChI=1S/C31H31NO7/c1-20-6-4-7-21(18-20)19-39-25-14-12-23(13-15-25)28(33)26-27(22-8-10-24(11-9-22)31(36)38-3)32(16-5-17-37-2)30(35)29(26)34/h4,6-15,18,27,33H,5,16-17,19H2,1-3H3. The number of rotatable bonds is 10. The second kappa shape index (κ2) is 12.4. The zero-order valence-corrected chi connectivity index (χ0v) is 22.2. The summed E-state index contributed by atoms with van der Waals surface area (Å²) in [6.07, 6.45) is 0.507. The average Bonchev–Trinajstić information content (AvgIpc) is 3.21. The Morgan fingerprint density at radius 1 is 0.949 bits per heavy atom. The van der Waals surface area contributed by atoms with Crippen molar-refractivity contribution in [3.8, 4) is 5.75 Å². The summed E-state index contributed by atoms with van der Waals surface area (Å²) in [6, 6.07) is 20.3. The number of amides is 1. The maximum absolute atomic E-state index is 13.2. The maximum Gasteiger partial charge on any atom is 0.337 e. The van der Waals surface area contributed by atoms with Gasteiger partial charge in [0.1, 0.15) is 18.1 Å². The maximum atomic E-state index is 13.2. The molecule has 3 aromatic rings. The summed E-state index contributed by atoms with van der Waals surface area (Å²) < 4.78 is 15.8. The van der Waals surface area contributed by atoms with E-state index >= 15 is 0 Å². The third-order valence-corrected chi connectivity index (χ3v) is 6.55. The molecular formula is C31H31NO7. The minimum absolute atomic E-state index is 0.0170.